The van der Waals surface area contributed by atoms with Crippen LogP contribution < -0.4 is 5.56 Å². The van der Waals surface area contributed by atoms with Crippen molar-refractivity contribution in [2.75, 3.05) is 13.1 Å². The maximum atomic E-state index is 12.9. The molecule has 1 fully saturated rings. The third-order valence-corrected chi connectivity index (χ3v) is 5.15. The summed E-state index contributed by atoms with van der Waals surface area (Å²) < 4.78 is 8.73. The van der Waals surface area contributed by atoms with Gasteiger partial charge in [0.2, 0.25) is 0 Å². The van der Waals surface area contributed by atoms with Gasteiger partial charge in [-0.3, -0.25) is 4.79 Å². The average Bonchev–Trinajstić information content (AvgIpc) is 3.22. The van der Waals surface area contributed by atoms with Gasteiger partial charge in [-0.05, 0) is 40.5 Å². The number of aromatic nitrogens is 6. The molecule has 0 bridgehead atoms. The summed E-state index contributed by atoms with van der Waals surface area (Å²) in [5.74, 6) is 0.521. The van der Waals surface area contributed by atoms with Crippen LogP contribution in [0.3, 0.4) is 0 Å². The van der Waals surface area contributed by atoms with E-state index in [2.05, 4.69) is 20.3 Å². The topological polar surface area (TPSA) is 108 Å². The van der Waals surface area contributed by atoms with Crippen molar-refractivity contribution in [3.8, 4) is 5.82 Å². The SMILES string of the molecule is Cc1nnc(-n2cncn2)c2cn(C3CCN(C(=O)OC(C)(C)C)CC3)c(=O)cc12. The van der Waals surface area contributed by atoms with Crippen LogP contribution in [0.25, 0.3) is 16.6 Å². The summed E-state index contributed by atoms with van der Waals surface area (Å²) in [4.78, 5) is 30.8. The summed E-state index contributed by atoms with van der Waals surface area (Å²) in [6.45, 7) is 8.45. The van der Waals surface area contributed by atoms with Crippen molar-refractivity contribution in [3.63, 3.8) is 0 Å². The normalized spacial score (nSPS) is 15.5. The van der Waals surface area contributed by atoms with Crippen LogP contribution in [0.15, 0.2) is 29.7 Å². The van der Waals surface area contributed by atoms with Crippen LogP contribution in [0.5, 0.6) is 0 Å². The highest BCUT2D eigenvalue weighted by Gasteiger charge is 2.28. The van der Waals surface area contributed by atoms with E-state index < -0.39 is 5.60 Å². The van der Waals surface area contributed by atoms with E-state index in [1.165, 1.54) is 11.0 Å². The Balaban J connectivity index is 1.63. The van der Waals surface area contributed by atoms with Crippen LogP contribution in [0.4, 0.5) is 4.79 Å². The summed E-state index contributed by atoms with van der Waals surface area (Å²) in [5.41, 5.74) is 0.0524. The molecule has 0 atom stereocenters. The fourth-order valence-electron chi connectivity index (χ4n) is 3.68. The number of piperidine rings is 1. The van der Waals surface area contributed by atoms with Gasteiger partial charge in [-0.2, -0.15) is 10.2 Å². The molecule has 30 heavy (non-hydrogen) atoms. The van der Waals surface area contributed by atoms with Crippen molar-refractivity contribution in [1.29, 1.82) is 0 Å². The van der Waals surface area contributed by atoms with Gasteiger partial charge in [0, 0.05) is 42.2 Å². The molecule has 4 rings (SSSR count). The van der Waals surface area contributed by atoms with E-state index in [0.29, 0.717) is 37.4 Å². The Morgan fingerprint density at radius 1 is 1.17 bits per heavy atom. The highest BCUT2D eigenvalue weighted by molar-refractivity contribution is 5.88. The zero-order valence-corrected chi connectivity index (χ0v) is 17.6. The lowest BCUT2D eigenvalue weighted by molar-refractivity contribution is 0.0187. The van der Waals surface area contributed by atoms with Crippen molar-refractivity contribution < 1.29 is 9.53 Å². The van der Waals surface area contributed by atoms with Crippen LogP contribution in [0, 0.1) is 6.92 Å². The summed E-state index contributed by atoms with van der Waals surface area (Å²) in [5, 5.41) is 14.1. The molecule has 1 aliphatic heterocycles. The molecule has 1 aliphatic rings. The van der Waals surface area contributed by atoms with Crippen LogP contribution in [0.2, 0.25) is 0 Å². The molecule has 10 heteroatoms. The monoisotopic (exact) mass is 411 g/mol. The first-order chi connectivity index (χ1) is 14.2. The number of likely N-dealkylation sites (tertiary alicyclic amines) is 1. The minimum atomic E-state index is -0.528. The zero-order chi connectivity index (χ0) is 21.5. The number of ether oxygens (including phenoxy) is 1. The van der Waals surface area contributed by atoms with Crippen LogP contribution >= 0.6 is 0 Å². The van der Waals surface area contributed by atoms with E-state index in [0.717, 1.165) is 10.8 Å². The summed E-state index contributed by atoms with van der Waals surface area (Å²) >= 11 is 0. The van der Waals surface area contributed by atoms with Gasteiger partial charge in [0.05, 0.1) is 5.69 Å². The first-order valence-electron chi connectivity index (χ1n) is 9.95. The van der Waals surface area contributed by atoms with Crippen molar-refractivity contribution in [1.82, 2.24) is 34.4 Å². The van der Waals surface area contributed by atoms with E-state index in [9.17, 15) is 9.59 Å². The van der Waals surface area contributed by atoms with Crippen molar-refractivity contribution in [3.05, 3.63) is 41.0 Å². The lowest BCUT2D eigenvalue weighted by Gasteiger charge is -2.34. The van der Waals surface area contributed by atoms with Gasteiger partial charge in [-0.1, -0.05) is 0 Å². The van der Waals surface area contributed by atoms with Crippen LogP contribution in [-0.4, -0.2) is 59.2 Å². The third-order valence-electron chi connectivity index (χ3n) is 5.15. The molecule has 0 saturated carbocycles. The Morgan fingerprint density at radius 2 is 1.90 bits per heavy atom. The van der Waals surface area contributed by atoms with Gasteiger partial charge in [-0.15, -0.1) is 5.10 Å². The quantitative estimate of drug-likeness (QED) is 0.636. The number of aryl methyl sites for hydroxylation is 1. The molecule has 4 heterocycles. The van der Waals surface area contributed by atoms with Crippen LogP contribution in [-0.2, 0) is 4.74 Å². The molecule has 0 aliphatic carbocycles. The van der Waals surface area contributed by atoms with Gasteiger partial charge in [0.1, 0.15) is 18.3 Å². The Kier molecular flexibility index (Phi) is 5.00. The van der Waals surface area contributed by atoms with Crippen LogP contribution in [0.1, 0.15) is 45.3 Å². The molecule has 1 amide bonds. The number of hydrogen-bond donors (Lipinski definition) is 0. The maximum Gasteiger partial charge on any atom is 0.410 e. The molecule has 0 radical (unpaired) electrons. The molecule has 1 saturated heterocycles. The van der Waals surface area contributed by atoms with E-state index in [-0.39, 0.29) is 17.7 Å². The standard InChI is InChI=1S/C20H25N7O3/c1-13-15-9-17(28)26(10-16(15)18(24-23-13)27-12-21-11-22-27)14-5-7-25(8-6-14)19(29)30-20(2,3)4/h9-12,14H,5-8H2,1-4H3. The summed E-state index contributed by atoms with van der Waals surface area (Å²) in [6.07, 6.45) is 5.82. The highest BCUT2D eigenvalue weighted by Crippen LogP contribution is 2.26. The number of rotatable bonds is 2. The lowest BCUT2D eigenvalue weighted by atomic mass is 10.0. The molecule has 3 aromatic rings. The smallest absolute Gasteiger partial charge is 0.410 e. The summed E-state index contributed by atoms with van der Waals surface area (Å²) in [7, 11) is 0. The van der Waals surface area contributed by atoms with E-state index in [1.54, 1.807) is 21.9 Å². The Labute approximate surface area is 173 Å². The number of nitrogens with zero attached hydrogens (tertiary/aromatic N) is 7. The van der Waals surface area contributed by atoms with Crippen molar-refractivity contribution in [2.45, 2.75) is 52.2 Å². The number of fused-ring (bicyclic) bond motifs is 1. The molecule has 0 spiro atoms. The molecule has 0 N–H and O–H groups in total. The van der Waals surface area contributed by atoms with E-state index in [1.807, 2.05) is 33.9 Å². The second kappa shape index (κ2) is 7.51. The molecule has 158 valence electrons. The number of hydrogen-bond acceptors (Lipinski definition) is 7. The largest absolute Gasteiger partial charge is 0.444 e. The minimum absolute atomic E-state index is 0.0161. The van der Waals surface area contributed by atoms with Gasteiger partial charge in [-0.25, -0.2) is 14.5 Å². The fraction of sp³-hybridized carbons (Fsp3) is 0.500. The second-order valence-corrected chi connectivity index (χ2v) is 8.49. The minimum Gasteiger partial charge on any atom is -0.444 e. The summed E-state index contributed by atoms with van der Waals surface area (Å²) in [6, 6.07) is 1.58. The van der Waals surface area contributed by atoms with E-state index >= 15 is 0 Å². The zero-order valence-electron chi connectivity index (χ0n) is 17.6. The Bertz CT molecular complexity index is 1120. The average molecular weight is 411 g/mol. The van der Waals surface area contributed by atoms with Crippen molar-refractivity contribution >= 4 is 16.9 Å². The first-order valence-corrected chi connectivity index (χ1v) is 9.95. The lowest BCUT2D eigenvalue weighted by Crippen LogP contribution is -2.43. The van der Waals surface area contributed by atoms with Gasteiger partial charge >= 0.3 is 6.09 Å². The molecule has 3 aromatic heterocycles. The predicted molar refractivity (Wildman–Crippen MR) is 110 cm³/mol. The van der Waals surface area contributed by atoms with E-state index in [4.69, 9.17) is 4.74 Å². The molecule has 0 unspecified atom stereocenters. The number of amides is 1. The maximum absolute atomic E-state index is 12.9. The Morgan fingerprint density at radius 3 is 2.53 bits per heavy atom. The third kappa shape index (κ3) is 3.89. The predicted octanol–water partition coefficient (Wildman–Crippen LogP) is 2.25. The molecule has 10 nitrogen and oxygen atoms in total. The fourth-order valence-corrected chi connectivity index (χ4v) is 3.68. The molecule has 0 aromatic carbocycles. The van der Waals surface area contributed by atoms with Gasteiger partial charge in [0.25, 0.3) is 5.56 Å². The molecular formula is C20H25N7O3. The number of carbonyl (C=O) groups is 1. The van der Waals surface area contributed by atoms with Gasteiger partial charge in [0.15, 0.2) is 5.82 Å². The molecular weight excluding hydrogens is 386 g/mol. The van der Waals surface area contributed by atoms with Gasteiger partial charge < -0.3 is 14.2 Å². The van der Waals surface area contributed by atoms with Crippen molar-refractivity contribution in [2.24, 2.45) is 0 Å². The first kappa shape index (κ1) is 20.0. The Hall–Kier alpha value is -3.30. The number of pyridine rings is 1. The number of carbonyl (C=O) groups excluding carboxylic acids is 1. The highest BCUT2D eigenvalue weighted by atomic mass is 16.6. The second-order valence-electron chi connectivity index (χ2n) is 8.49.